The number of ether oxygens (including phenoxy) is 1. The largest absolute Gasteiger partial charge is 0.376 e. The molecule has 2 amide bonds. The Morgan fingerprint density at radius 2 is 1.79 bits per heavy atom. The van der Waals surface area contributed by atoms with Gasteiger partial charge in [0, 0.05) is 35.6 Å². The maximum Gasteiger partial charge on any atom is 0.255 e. The molecule has 4 aromatic rings. The van der Waals surface area contributed by atoms with E-state index in [0.717, 1.165) is 29.7 Å². The highest BCUT2D eigenvalue weighted by atomic mass is 35.5. The summed E-state index contributed by atoms with van der Waals surface area (Å²) < 4.78 is 7.58. The molecule has 2 heterocycles. The van der Waals surface area contributed by atoms with E-state index >= 15 is 0 Å². The number of aromatic nitrogens is 2. The Kier molecular flexibility index (Phi) is 8.31. The molecule has 5 rings (SSSR count). The van der Waals surface area contributed by atoms with E-state index in [0.29, 0.717) is 40.4 Å². The summed E-state index contributed by atoms with van der Waals surface area (Å²) >= 11 is 12.4. The number of halogens is 2. The summed E-state index contributed by atoms with van der Waals surface area (Å²) in [5, 5.41) is 3.88. The van der Waals surface area contributed by atoms with Crippen LogP contribution in [0.1, 0.15) is 28.8 Å². The fourth-order valence-corrected chi connectivity index (χ4v) is 4.87. The van der Waals surface area contributed by atoms with Crippen molar-refractivity contribution >= 4 is 41.0 Å². The minimum Gasteiger partial charge on any atom is -0.376 e. The summed E-state index contributed by atoms with van der Waals surface area (Å²) in [5.41, 5.74) is 3.83. The van der Waals surface area contributed by atoms with Crippen molar-refractivity contribution in [2.24, 2.45) is 0 Å². The standard InChI is InChI=1S/C30H28Cl2N4O3/c1-20-8-14-23(15-9-20)36-18-27(21-10-12-22(31)13-11-21)33-30(36)34-28(37)19-35(17-24-5-4-16-39-24)29(38)25-6-2-3-7-26(25)32/h2-3,6-15,18,24H,4-5,16-17,19H2,1H3,(H,33,34,37). The molecule has 1 atom stereocenters. The van der Waals surface area contributed by atoms with Gasteiger partial charge in [0.15, 0.2) is 0 Å². The van der Waals surface area contributed by atoms with Gasteiger partial charge in [0.1, 0.15) is 6.54 Å². The Hall–Kier alpha value is -3.65. The molecule has 0 spiro atoms. The highest BCUT2D eigenvalue weighted by Gasteiger charge is 2.27. The van der Waals surface area contributed by atoms with Crippen molar-refractivity contribution in [1.29, 1.82) is 0 Å². The first kappa shape index (κ1) is 26.9. The number of carbonyl (C=O) groups excluding carboxylic acids is 2. The van der Waals surface area contributed by atoms with E-state index < -0.39 is 0 Å². The van der Waals surface area contributed by atoms with Gasteiger partial charge in [-0.2, -0.15) is 0 Å². The minimum atomic E-state index is -0.380. The van der Waals surface area contributed by atoms with Crippen molar-refractivity contribution in [3.8, 4) is 16.9 Å². The van der Waals surface area contributed by atoms with Crippen LogP contribution in [0.2, 0.25) is 10.0 Å². The van der Waals surface area contributed by atoms with Crippen LogP contribution in [0.3, 0.4) is 0 Å². The molecule has 1 aliphatic heterocycles. The second-order valence-corrected chi connectivity index (χ2v) is 10.4. The molecular weight excluding hydrogens is 535 g/mol. The lowest BCUT2D eigenvalue weighted by Crippen LogP contribution is -2.42. The summed E-state index contributed by atoms with van der Waals surface area (Å²) in [6.07, 6.45) is 3.49. The smallest absolute Gasteiger partial charge is 0.255 e. The second kappa shape index (κ2) is 12.0. The lowest BCUT2D eigenvalue weighted by Gasteiger charge is -2.25. The predicted molar refractivity (Wildman–Crippen MR) is 154 cm³/mol. The number of anilines is 1. The van der Waals surface area contributed by atoms with Crippen molar-refractivity contribution in [2.75, 3.05) is 25.0 Å². The third-order valence-corrected chi connectivity index (χ3v) is 7.16. The molecule has 9 heteroatoms. The van der Waals surface area contributed by atoms with Gasteiger partial charge < -0.3 is 9.64 Å². The van der Waals surface area contributed by atoms with Gasteiger partial charge in [0.05, 0.1) is 22.4 Å². The van der Waals surface area contributed by atoms with E-state index in [1.54, 1.807) is 36.4 Å². The van der Waals surface area contributed by atoms with Crippen LogP contribution < -0.4 is 5.32 Å². The van der Waals surface area contributed by atoms with Gasteiger partial charge in [-0.15, -0.1) is 0 Å². The fraction of sp³-hybridized carbons (Fsp3) is 0.233. The van der Waals surface area contributed by atoms with Crippen molar-refractivity contribution < 1.29 is 14.3 Å². The van der Waals surface area contributed by atoms with E-state index in [9.17, 15) is 9.59 Å². The molecule has 1 unspecified atom stereocenters. The molecule has 1 N–H and O–H groups in total. The molecule has 0 radical (unpaired) electrons. The zero-order valence-corrected chi connectivity index (χ0v) is 23.0. The SMILES string of the molecule is Cc1ccc(-n2cc(-c3ccc(Cl)cc3)nc2NC(=O)CN(CC2CCCO2)C(=O)c2ccccc2Cl)cc1. The molecule has 1 saturated heterocycles. The molecular formula is C30H28Cl2N4O3. The maximum atomic E-state index is 13.5. The number of benzene rings is 3. The van der Waals surface area contributed by atoms with Crippen molar-refractivity contribution in [1.82, 2.24) is 14.5 Å². The zero-order valence-electron chi connectivity index (χ0n) is 21.4. The first-order chi connectivity index (χ1) is 18.9. The van der Waals surface area contributed by atoms with Crippen molar-refractivity contribution in [3.63, 3.8) is 0 Å². The molecule has 1 aliphatic rings. The van der Waals surface area contributed by atoms with Crippen LogP contribution in [0.25, 0.3) is 16.9 Å². The predicted octanol–water partition coefficient (Wildman–Crippen LogP) is 6.41. The summed E-state index contributed by atoms with van der Waals surface area (Å²) in [4.78, 5) is 33.1. The summed E-state index contributed by atoms with van der Waals surface area (Å²) in [5.74, 6) is -0.360. The number of nitrogens with zero attached hydrogens (tertiary/aromatic N) is 3. The molecule has 0 aliphatic carbocycles. The second-order valence-electron chi connectivity index (χ2n) is 9.51. The van der Waals surface area contributed by atoms with Gasteiger partial charge in [-0.1, -0.05) is 65.2 Å². The number of imidazole rings is 1. The Morgan fingerprint density at radius 1 is 1.05 bits per heavy atom. The van der Waals surface area contributed by atoms with Gasteiger partial charge in [-0.25, -0.2) is 4.98 Å². The summed E-state index contributed by atoms with van der Waals surface area (Å²) in [7, 11) is 0. The first-order valence-corrected chi connectivity index (χ1v) is 13.5. The maximum absolute atomic E-state index is 13.5. The van der Waals surface area contributed by atoms with E-state index in [-0.39, 0.29) is 24.5 Å². The van der Waals surface area contributed by atoms with Crippen LogP contribution in [0, 0.1) is 6.92 Å². The number of rotatable bonds is 8. The normalized spacial score (nSPS) is 14.8. The molecule has 1 aromatic heterocycles. The average Bonchev–Trinajstić information content (AvgIpc) is 3.59. The quantitative estimate of drug-likeness (QED) is 0.269. The third-order valence-electron chi connectivity index (χ3n) is 6.58. The average molecular weight is 563 g/mol. The Bertz CT molecular complexity index is 1460. The highest BCUT2D eigenvalue weighted by Crippen LogP contribution is 2.26. The number of hydrogen-bond acceptors (Lipinski definition) is 4. The minimum absolute atomic E-state index is 0.129. The van der Waals surface area contributed by atoms with Gasteiger partial charge in [-0.05, 0) is 56.2 Å². The summed E-state index contributed by atoms with van der Waals surface area (Å²) in [6, 6.07) is 22.1. The van der Waals surface area contributed by atoms with Gasteiger partial charge in [0.2, 0.25) is 11.9 Å². The molecule has 0 bridgehead atoms. The molecule has 7 nitrogen and oxygen atoms in total. The van der Waals surface area contributed by atoms with E-state index in [1.807, 2.05) is 54.1 Å². The van der Waals surface area contributed by atoms with Gasteiger partial charge >= 0.3 is 0 Å². The van der Waals surface area contributed by atoms with Crippen LogP contribution in [-0.4, -0.2) is 52.1 Å². The molecule has 1 fully saturated rings. The monoisotopic (exact) mass is 562 g/mol. The van der Waals surface area contributed by atoms with Gasteiger partial charge in [-0.3, -0.25) is 19.5 Å². The molecule has 3 aromatic carbocycles. The first-order valence-electron chi connectivity index (χ1n) is 12.7. The van der Waals surface area contributed by atoms with Crippen LogP contribution >= 0.6 is 23.2 Å². The number of aryl methyl sites for hydroxylation is 1. The van der Waals surface area contributed by atoms with Crippen LogP contribution in [0.4, 0.5) is 5.95 Å². The Morgan fingerprint density at radius 3 is 2.49 bits per heavy atom. The van der Waals surface area contributed by atoms with Crippen LogP contribution in [0.5, 0.6) is 0 Å². The highest BCUT2D eigenvalue weighted by molar-refractivity contribution is 6.33. The van der Waals surface area contributed by atoms with Crippen LogP contribution in [-0.2, 0) is 9.53 Å². The third kappa shape index (κ3) is 6.50. The van der Waals surface area contributed by atoms with Crippen molar-refractivity contribution in [3.05, 3.63) is 100 Å². The fourth-order valence-electron chi connectivity index (χ4n) is 4.53. The Labute approximate surface area is 237 Å². The Balaban J connectivity index is 1.42. The number of hydrogen-bond donors (Lipinski definition) is 1. The van der Waals surface area contributed by atoms with Gasteiger partial charge in [0.25, 0.3) is 5.91 Å². The van der Waals surface area contributed by atoms with E-state index in [4.69, 9.17) is 32.9 Å². The summed E-state index contributed by atoms with van der Waals surface area (Å²) in [6.45, 7) is 2.77. The number of nitrogens with one attached hydrogen (secondary N) is 1. The molecule has 39 heavy (non-hydrogen) atoms. The topological polar surface area (TPSA) is 76.5 Å². The van der Waals surface area contributed by atoms with E-state index in [1.165, 1.54) is 4.90 Å². The lowest BCUT2D eigenvalue weighted by molar-refractivity contribution is -0.117. The van der Waals surface area contributed by atoms with E-state index in [2.05, 4.69) is 5.32 Å². The lowest BCUT2D eigenvalue weighted by atomic mass is 10.1. The number of carbonyl (C=O) groups is 2. The molecule has 0 saturated carbocycles. The molecule has 200 valence electrons. The van der Waals surface area contributed by atoms with Crippen LogP contribution in [0.15, 0.2) is 79.0 Å². The van der Waals surface area contributed by atoms with Crippen molar-refractivity contribution in [2.45, 2.75) is 25.9 Å². The number of amides is 2. The zero-order chi connectivity index (χ0) is 27.4.